The molecule has 0 fully saturated rings. The van der Waals surface area contributed by atoms with Gasteiger partial charge < -0.3 is 15.2 Å². The average Bonchev–Trinajstić information content (AvgIpc) is 2.28. The molecule has 0 unspecified atom stereocenters. The third kappa shape index (κ3) is 6.61. The highest BCUT2D eigenvalue weighted by molar-refractivity contribution is 9.10. The number of phenols is 1. The van der Waals surface area contributed by atoms with Crippen LogP contribution >= 0.6 is 15.9 Å². The molecule has 110 valence electrons. The molecule has 0 saturated carbocycles. The second kappa shape index (κ2) is 7.33. The van der Waals surface area contributed by atoms with E-state index >= 15 is 0 Å². The number of rotatable bonds is 4. The van der Waals surface area contributed by atoms with Crippen LogP contribution < -0.4 is 5.32 Å². The summed E-state index contributed by atoms with van der Waals surface area (Å²) in [5, 5.41) is 12.4. The van der Waals surface area contributed by atoms with Crippen LogP contribution in [0.3, 0.4) is 0 Å². The molecule has 1 aromatic carbocycles. The van der Waals surface area contributed by atoms with Gasteiger partial charge in [0.25, 0.3) is 0 Å². The van der Waals surface area contributed by atoms with E-state index < -0.39 is 11.7 Å². The highest BCUT2D eigenvalue weighted by Gasteiger charge is 2.15. The number of alkyl carbamates (subject to hydrolysis) is 1. The Labute approximate surface area is 128 Å². The molecule has 0 aromatic heterocycles. The molecule has 0 aliphatic heterocycles. The van der Waals surface area contributed by atoms with E-state index in [1.54, 1.807) is 6.07 Å². The van der Waals surface area contributed by atoms with Crippen LogP contribution in [-0.2, 0) is 4.74 Å². The molecular formula is C15H20BrNO3. The van der Waals surface area contributed by atoms with E-state index in [9.17, 15) is 9.90 Å². The maximum Gasteiger partial charge on any atom is 0.407 e. The number of carbonyl (C=O) groups is 1. The number of nitrogens with one attached hydrogen (secondary N) is 1. The highest BCUT2D eigenvalue weighted by atomic mass is 79.9. The van der Waals surface area contributed by atoms with Gasteiger partial charge in [-0.15, -0.1) is 0 Å². The first-order valence-corrected chi connectivity index (χ1v) is 7.19. The molecule has 20 heavy (non-hydrogen) atoms. The smallest absolute Gasteiger partial charge is 0.407 e. The molecular weight excluding hydrogens is 322 g/mol. The Morgan fingerprint density at radius 2 is 2.15 bits per heavy atom. The van der Waals surface area contributed by atoms with Gasteiger partial charge >= 0.3 is 6.09 Å². The van der Waals surface area contributed by atoms with E-state index in [4.69, 9.17) is 4.74 Å². The first kappa shape index (κ1) is 16.6. The molecule has 1 rings (SSSR count). The predicted octanol–water partition coefficient (Wildman–Crippen LogP) is 4.08. The van der Waals surface area contributed by atoms with Gasteiger partial charge in [-0.2, -0.15) is 0 Å². The molecule has 2 N–H and O–H groups in total. The first-order chi connectivity index (χ1) is 9.28. The van der Waals surface area contributed by atoms with Crippen LogP contribution in [0.25, 0.3) is 6.08 Å². The van der Waals surface area contributed by atoms with Gasteiger partial charge in [0, 0.05) is 16.6 Å². The standard InChI is InChI=1S/C15H20BrNO3/c1-15(2,3)20-14(19)17-9-5-4-6-11-7-8-12(16)10-13(11)18/h4,6-8,10,18H,5,9H2,1-3H3,(H,17,19). The zero-order valence-corrected chi connectivity index (χ0v) is 13.5. The lowest BCUT2D eigenvalue weighted by atomic mass is 10.2. The highest BCUT2D eigenvalue weighted by Crippen LogP contribution is 2.23. The van der Waals surface area contributed by atoms with Gasteiger partial charge in [0.05, 0.1) is 0 Å². The zero-order valence-electron chi connectivity index (χ0n) is 11.9. The SMILES string of the molecule is CC(C)(C)OC(=O)NCCC=Cc1ccc(Br)cc1O. The summed E-state index contributed by atoms with van der Waals surface area (Å²) in [5.74, 6) is 0.218. The molecule has 0 aliphatic carbocycles. The Bertz CT molecular complexity index is 492. The molecule has 1 aromatic rings. The third-order valence-electron chi connectivity index (χ3n) is 2.27. The molecule has 0 spiro atoms. The van der Waals surface area contributed by atoms with Crippen LogP contribution in [0.5, 0.6) is 5.75 Å². The van der Waals surface area contributed by atoms with E-state index in [0.717, 1.165) is 10.0 Å². The van der Waals surface area contributed by atoms with Crippen molar-refractivity contribution in [2.24, 2.45) is 0 Å². The third-order valence-corrected chi connectivity index (χ3v) is 2.76. The van der Waals surface area contributed by atoms with Gasteiger partial charge in [0.15, 0.2) is 0 Å². The van der Waals surface area contributed by atoms with Crippen LogP contribution in [0.15, 0.2) is 28.7 Å². The summed E-state index contributed by atoms with van der Waals surface area (Å²) >= 11 is 3.28. The quantitative estimate of drug-likeness (QED) is 0.811. The van der Waals surface area contributed by atoms with Crippen molar-refractivity contribution in [3.63, 3.8) is 0 Å². The van der Waals surface area contributed by atoms with Gasteiger partial charge in [-0.25, -0.2) is 4.79 Å². The zero-order chi connectivity index (χ0) is 15.2. The fourth-order valence-corrected chi connectivity index (χ4v) is 1.79. The maximum absolute atomic E-state index is 11.4. The van der Waals surface area contributed by atoms with Gasteiger partial charge in [0.2, 0.25) is 0 Å². The monoisotopic (exact) mass is 341 g/mol. The fourth-order valence-electron chi connectivity index (χ4n) is 1.44. The van der Waals surface area contributed by atoms with Crippen molar-refractivity contribution >= 4 is 28.1 Å². The summed E-state index contributed by atoms with van der Waals surface area (Å²) in [4.78, 5) is 11.4. The fraction of sp³-hybridized carbons (Fsp3) is 0.400. The van der Waals surface area contributed by atoms with Crippen molar-refractivity contribution in [1.29, 1.82) is 0 Å². The van der Waals surface area contributed by atoms with Crippen molar-refractivity contribution in [3.8, 4) is 5.75 Å². The minimum absolute atomic E-state index is 0.218. The summed E-state index contributed by atoms with van der Waals surface area (Å²) in [5.41, 5.74) is 0.258. The lowest BCUT2D eigenvalue weighted by Crippen LogP contribution is -2.32. The lowest BCUT2D eigenvalue weighted by molar-refractivity contribution is 0.0529. The number of phenolic OH excluding ortho intramolecular Hbond substituents is 1. The van der Waals surface area contributed by atoms with Crippen LogP contribution in [0.4, 0.5) is 4.79 Å². The van der Waals surface area contributed by atoms with Crippen molar-refractivity contribution in [2.75, 3.05) is 6.54 Å². The van der Waals surface area contributed by atoms with Crippen molar-refractivity contribution in [3.05, 3.63) is 34.3 Å². The Kier molecular flexibility index (Phi) is 6.07. The summed E-state index contributed by atoms with van der Waals surface area (Å²) < 4.78 is 5.95. The number of ether oxygens (including phenoxy) is 1. The maximum atomic E-state index is 11.4. The normalized spacial score (nSPS) is 11.6. The van der Waals surface area contributed by atoms with Crippen molar-refractivity contribution in [2.45, 2.75) is 32.8 Å². The predicted molar refractivity (Wildman–Crippen MR) is 83.7 cm³/mol. The summed E-state index contributed by atoms with van der Waals surface area (Å²) in [6, 6.07) is 5.31. The first-order valence-electron chi connectivity index (χ1n) is 6.40. The van der Waals surface area contributed by atoms with Crippen molar-refractivity contribution in [1.82, 2.24) is 5.32 Å². The second-order valence-electron chi connectivity index (χ2n) is 5.32. The Morgan fingerprint density at radius 3 is 2.75 bits per heavy atom. The summed E-state index contributed by atoms with van der Waals surface area (Å²) in [6.07, 6.45) is 3.95. The van der Waals surface area contributed by atoms with Crippen LogP contribution in [-0.4, -0.2) is 23.3 Å². The van der Waals surface area contributed by atoms with E-state index in [1.165, 1.54) is 0 Å². The van der Waals surface area contributed by atoms with Crippen LogP contribution in [0.1, 0.15) is 32.8 Å². The summed E-state index contributed by atoms with van der Waals surface area (Å²) in [6.45, 7) is 5.96. The molecule has 0 radical (unpaired) electrons. The molecule has 0 atom stereocenters. The number of halogens is 1. The van der Waals surface area contributed by atoms with Crippen LogP contribution in [0, 0.1) is 0 Å². The second-order valence-corrected chi connectivity index (χ2v) is 6.24. The van der Waals surface area contributed by atoms with Gasteiger partial charge in [-0.1, -0.05) is 34.1 Å². The molecule has 4 nitrogen and oxygen atoms in total. The molecule has 0 saturated heterocycles. The minimum Gasteiger partial charge on any atom is -0.507 e. The number of carbonyl (C=O) groups excluding carboxylic acids is 1. The topological polar surface area (TPSA) is 58.6 Å². The summed E-state index contributed by atoms with van der Waals surface area (Å²) in [7, 11) is 0. The van der Waals surface area contributed by atoms with E-state index in [0.29, 0.717) is 13.0 Å². The molecule has 0 bridgehead atoms. The Balaban J connectivity index is 2.34. The largest absolute Gasteiger partial charge is 0.507 e. The van der Waals surface area contributed by atoms with Gasteiger partial charge in [-0.05, 0) is 39.3 Å². The molecule has 0 aliphatic rings. The average molecular weight is 342 g/mol. The van der Waals surface area contributed by atoms with Crippen LogP contribution in [0.2, 0.25) is 0 Å². The van der Waals surface area contributed by atoms with E-state index in [1.807, 2.05) is 45.1 Å². The van der Waals surface area contributed by atoms with E-state index in [2.05, 4.69) is 21.2 Å². The Morgan fingerprint density at radius 1 is 1.45 bits per heavy atom. The number of hydrogen-bond donors (Lipinski definition) is 2. The van der Waals surface area contributed by atoms with Gasteiger partial charge in [0.1, 0.15) is 11.4 Å². The minimum atomic E-state index is -0.483. The number of amides is 1. The van der Waals surface area contributed by atoms with Gasteiger partial charge in [-0.3, -0.25) is 0 Å². The Hall–Kier alpha value is -1.49. The number of benzene rings is 1. The molecule has 5 heteroatoms. The number of hydrogen-bond acceptors (Lipinski definition) is 3. The molecule has 0 heterocycles. The number of aromatic hydroxyl groups is 1. The van der Waals surface area contributed by atoms with Crippen molar-refractivity contribution < 1.29 is 14.6 Å². The molecule has 1 amide bonds. The van der Waals surface area contributed by atoms with E-state index in [-0.39, 0.29) is 5.75 Å². The lowest BCUT2D eigenvalue weighted by Gasteiger charge is -2.19.